The van der Waals surface area contributed by atoms with Gasteiger partial charge in [-0.25, -0.2) is 0 Å². The summed E-state index contributed by atoms with van der Waals surface area (Å²) in [6.07, 6.45) is 2.51. The van der Waals surface area contributed by atoms with E-state index in [-0.39, 0.29) is 0 Å². The maximum atomic E-state index is 11.2. The minimum Gasteiger partial charge on any atom is -0.388 e. The second-order valence-corrected chi connectivity index (χ2v) is 3.25. The zero-order chi connectivity index (χ0) is 12.1. The summed E-state index contributed by atoms with van der Waals surface area (Å²) in [6.45, 7) is 3.73. The van der Waals surface area contributed by atoms with Gasteiger partial charge in [0.1, 0.15) is 0 Å². The van der Waals surface area contributed by atoms with Crippen LogP contribution < -0.4 is 16.0 Å². The van der Waals surface area contributed by atoms with E-state index < -0.39 is 0 Å². The fourth-order valence-corrected chi connectivity index (χ4v) is 1.73. The molecule has 0 aromatic heterocycles. The van der Waals surface area contributed by atoms with Gasteiger partial charge in [0.2, 0.25) is 0 Å². The average Bonchev–Trinajstić information content (AvgIpc) is 2.35. The second kappa shape index (κ2) is 5.21. The molecule has 0 fully saturated rings. The highest BCUT2D eigenvalue weighted by Gasteiger charge is 2.13. The summed E-state index contributed by atoms with van der Waals surface area (Å²) < 4.78 is 0. The molecule has 0 spiro atoms. The fraction of sp³-hybridized carbons (Fsp3) is 0.250. The quantitative estimate of drug-likeness (QED) is 0.665. The Hall–Kier alpha value is -1.97. The highest BCUT2D eigenvalue weighted by atomic mass is 16.1. The van der Waals surface area contributed by atoms with Crippen LogP contribution in [-0.4, -0.2) is 27.4 Å². The van der Waals surface area contributed by atoms with Gasteiger partial charge >= 0.3 is 0 Å². The lowest BCUT2D eigenvalue weighted by molar-refractivity contribution is 0.112. The monoisotopic (exact) mass is 219 g/mol. The molecule has 1 aromatic carbocycles. The van der Waals surface area contributed by atoms with Crippen molar-refractivity contribution in [2.24, 2.45) is 0 Å². The van der Waals surface area contributed by atoms with E-state index in [1.165, 1.54) is 0 Å². The summed E-state index contributed by atoms with van der Waals surface area (Å²) in [4.78, 5) is 11.2. The molecular weight excluding hydrogens is 202 g/mol. The third-order valence-corrected chi connectivity index (χ3v) is 2.52. The van der Waals surface area contributed by atoms with Gasteiger partial charge in [-0.1, -0.05) is 12.7 Å². The molecule has 0 aliphatic heterocycles. The van der Waals surface area contributed by atoms with Gasteiger partial charge in [0.15, 0.2) is 6.29 Å². The van der Waals surface area contributed by atoms with E-state index in [4.69, 9.17) is 0 Å². The summed E-state index contributed by atoms with van der Waals surface area (Å²) in [5.41, 5.74) is 3.95. The van der Waals surface area contributed by atoms with E-state index in [0.717, 1.165) is 28.9 Å². The van der Waals surface area contributed by atoms with Crippen molar-refractivity contribution in [2.75, 3.05) is 37.1 Å². The molecule has 4 nitrogen and oxygen atoms in total. The number of hydrogen-bond donors (Lipinski definition) is 3. The fourth-order valence-electron chi connectivity index (χ4n) is 1.73. The van der Waals surface area contributed by atoms with E-state index in [1.54, 1.807) is 13.1 Å². The third-order valence-electron chi connectivity index (χ3n) is 2.52. The molecule has 0 bridgehead atoms. The zero-order valence-electron chi connectivity index (χ0n) is 9.85. The van der Waals surface area contributed by atoms with Crippen molar-refractivity contribution in [3.05, 3.63) is 23.8 Å². The lowest BCUT2D eigenvalue weighted by Crippen LogP contribution is -2.05. The van der Waals surface area contributed by atoms with Crippen molar-refractivity contribution in [3.63, 3.8) is 0 Å². The summed E-state index contributed by atoms with van der Waals surface area (Å²) in [6, 6.07) is 1.94. The van der Waals surface area contributed by atoms with Crippen molar-refractivity contribution in [3.8, 4) is 0 Å². The third kappa shape index (κ3) is 1.86. The summed E-state index contributed by atoms with van der Waals surface area (Å²) in [7, 11) is 5.42. The molecule has 0 heterocycles. The molecule has 16 heavy (non-hydrogen) atoms. The van der Waals surface area contributed by atoms with Gasteiger partial charge in [0.05, 0.1) is 11.4 Å². The minimum absolute atomic E-state index is 0.605. The van der Waals surface area contributed by atoms with Crippen LogP contribution in [0.1, 0.15) is 15.9 Å². The van der Waals surface area contributed by atoms with Gasteiger partial charge in [-0.3, -0.25) is 4.79 Å². The first-order chi connectivity index (χ1) is 7.73. The predicted molar refractivity (Wildman–Crippen MR) is 70.6 cm³/mol. The Morgan fingerprint density at radius 1 is 1.06 bits per heavy atom. The summed E-state index contributed by atoms with van der Waals surface area (Å²) in [5, 5.41) is 9.12. The first-order valence-corrected chi connectivity index (χ1v) is 5.05. The number of aldehydes is 1. The average molecular weight is 219 g/mol. The molecule has 1 rings (SSSR count). The number of hydrogen-bond acceptors (Lipinski definition) is 4. The van der Waals surface area contributed by atoms with Crippen LogP contribution >= 0.6 is 0 Å². The highest BCUT2D eigenvalue weighted by Crippen LogP contribution is 2.34. The first kappa shape index (κ1) is 12.1. The van der Waals surface area contributed by atoms with Crippen molar-refractivity contribution < 1.29 is 4.79 Å². The molecule has 0 saturated heterocycles. The lowest BCUT2D eigenvalue weighted by Gasteiger charge is -2.17. The maximum Gasteiger partial charge on any atom is 0.152 e. The number of rotatable bonds is 5. The van der Waals surface area contributed by atoms with E-state index in [1.807, 2.05) is 20.2 Å². The lowest BCUT2D eigenvalue weighted by atomic mass is 10.0. The van der Waals surface area contributed by atoms with Crippen molar-refractivity contribution in [1.29, 1.82) is 0 Å². The van der Waals surface area contributed by atoms with Crippen LogP contribution in [0.2, 0.25) is 0 Å². The van der Waals surface area contributed by atoms with Crippen molar-refractivity contribution in [2.45, 2.75) is 0 Å². The van der Waals surface area contributed by atoms with Gasteiger partial charge in [-0.15, -0.1) is 0 Å². The molecule has 1 aromatic rings. The predicted octanol–water partition coefficient (Wildman–Crippen LogP) is 2.27. The normalized spacial score (nSPS) is 9.44. The van der Waals surface area contributed by atoms with Crippen LogP contribution in [-0.2, 0) is 0 Å². The van der Waals surface area contributed by atoms with Crippen molar-refractivity contribution >= 4 is 29.4 Å². The molecule has 0 unspecified atom stereocenters. The topological polar surface area (TPSA) is 53.2 Å². The Balaban J connectivity index is 3.60. The standard InChI is InChI=1S/C12H17N3O/c1-5-8-9(7-16)12(15-4)11(14-3)6-10(8)13-2/h5-7,13-15H,1H2,2-4H3. The molecule has 3 N–H and O–H groups in total. The number of benzene rings is 1. The number of carbonyl (C=O) groups is 1. The van der Waals surface area contributed by atoms with Gasteiger partial charge < -0.3 is 16.0 Å². The van der Waals surface area contributed by atoms with Gasteiger partial charge in [-0.2, -0.15) is 0 Å². The Morgan fingerprint density at radius 2 is 1.69 bits per heavy atom. The van der Waals surface area contributed by atoms with Crippen LogP contribution in [0.4, 0.5) is 17.1 Å². The largest absolute Gasteiger partial charge is 0.388 e. The SMILES string of the molecule is C=Cc1c(NC)cc(NC)c(NC)c1C=O. The van der Waals surface area contributed by atoms with Gasteiger partial charge in [-0.05, 0) is 6.07 Å². The Morgan fingerprint density at radius 3 is 2.06 bits per heavy atom. The van der Waals surface area contributed by atoms with E-state index in [0.29, 0.717) is 5.56 Å². The molecule has 4 heteroatoms. The molecule has 0 radical (unpaired) electrons. The first-order valence-electron chi connectivity index (χ1n) is 5.05. The van der Waals surface area contributed by atoms with E-state index in [9.17, 15) is 4.79 Å². The molecular formula is C12H17N3O. The smallest absolute Gasteiger partial charge is 0.152 e. The van der Waals surface area contributed by atoms with Crippen LogP contribution in [0.25, 0.3) is 6.08 Å². The summed E-state index contributed by atoms with van der Waals surface area (Å²) >= 11 is 0. The molecule has 0 amide bonds. The molecule has 0 atom stereocenters. The van der Waals surface area contributed by atoms with Crippen LogP contribution in [0.3, 0.4) is 0 Å². The zero-order valence-corrected chi connectivity index (χ0v) is 9.85. The molecule has 0 aliphatic rings. The van der Waals surface area contributed by atoms with Crippen molar-refractivity contribution in [1.82, 2.24) is 0 Å². The van der Waals surface area contributed by atoms with E-state index >= 15 is 0 Å². The Bertz CT molecular complexity index is 413. The Kier molecular flexibility index (Phi) is 3.94. The number of carbonyl (C=O) groups excluding carboxylic acids is 1. The highest BCUT2D eigenvalue weighted by molar-refractivity contribution is 5.98. The van der Waals surface area contributed by atoms with Crippen LogP contribution in [0, 0.1) is 0 Å². The van der Waals surface area contributed by atoms with Gasteiger partial charge in [0, 0.05) is 38.0 Å². The number of anilines is 3. The van der Waals surface area contributed by atoms with Crippen LogP contribution in [0.15, 0.2) is 12.6 Å². The number of nitrogens with one attached hydrogen (secondary N) is 3. The molecule has 0 saturated carbocycles. The van der Waals surface area contributed by atoms with Gasteiger partial charge in [0.25, 0.3) is 0 Å². The van der Waals surface area contributed by atoms with Crippen LogP contribution in [0.5, 0.6) is 0 Å². The van der Waals surface area contributed by atoms with E-state index in [2.05, 4.69) is 22.5 Å². The molecule has 86 valence electrons. The summed E-state index contributed by atoms with van der Waals surface area (Å²) in [5.74, 6) is 0. The minimum atomic E-state index is 0.605. The molecule has 0 aliphatic carbocycles. The maximum absolute atomic E-state index is 11.2. The second-order valence-electron chi connectivity index (χ2n) is 3.25. The Labute approximate surface area is 95.7 Å².